The Morgan fingerprint density at radius 1 is 1.33 bits per heavy atom. The number of pyridine rings is 2. The molecule has 0 radical (unpaired) electrons. The molecule has 2 heterocycles. The Hall–Kier alpha value is -3.53. The number of halogens is 1. The van der Waals surface area contributed by atoms with Crippen molar-refractivity contribution in [1.29, 1.82) is 5.26 Å². The van der Waals surface area contributed by atoms with E-state index < -0.39 is 17.3 Å². The lowest BCUT2D eigenvalue weighted by atomic mass is 9.89. The molecule has 152 valence electrons. The van der Waals surface area contributed by atoms with Gasteiger partial charge in [-0.1, -0.05) is 6.07 Å². The predicted octanol–water partition coefficient (Wildman–Crippen LogP) is 3.46. The lowest BCUT2D eigenvalue weighted by molar-refractivity contribution is -0.124. The SMILES string of the molecule is Cc1nccc2[nH]c(=O)c(C3(C(=O)N[C@@H](C)c4ccc(C#N)cc4F)CC3)c(C)c12. The molecule has 1 aliphatic carbocycles. The molecule has 1 atom stereocenters. The second kappa shape index (κ2) is 7.06. The van der Waals surface area contributed by atoms with Crippen LogP contribution in [0.15, 0.2) is 35.3 Å². The number of nitrogens with zero attached hydrogens (tertiary/aromatic N) is 2. The minimum atomic E-state index is -0.925. The summed E-state index contributed by atoms with van der Waals surface area (Å²) in [6, 6.07) is 7.20. The van der Waals surface area contributed by atoms with Crippen LogP contribution in [0.4, 0.5) is 4.39 Å². The third kappa shape index (κ3) is 3.05. The number of amides is 1. The summed E-state index contributed by atoms with van der Waals surface area (Å²) in [5.41, 5.74) is 1.99. The van der Waals surface area contributed by atoms with Gasteiger partial charge in [0.15, 0.2) is 0 Å². The van der Waals surface area contributed by atoms with E-state index in [9.17, 15) is 14.0 Å². The molecule has 4 rings (SSSR count). The van der Waals surface area contributed by atoms with Crippen LogP contribution in [0.2, 0.25) is 0 Å². The molecule has 0 unspecified atom stereocenters. The summed E-state index contributed by atoms with van der Waals surface area (Å²) in [4.78, 5) is 33.3. The molecule has 1 amide bonds. The average Bonchev–Trinajstić information content (AvgIpc) is 3.49. The van der Waals surface area contributed by atoms with E-state index in [1.54, 1.807) is 19.2 Å². The lowest BCUT2D eigenvalue weighted by Crippen LogP contribution is -2.40. The van der Waals surface area contributed by atoms with Gasteiger partial charge in [0.05, 0.1) is 28.6 Å². The maximum atomic E-state index is 14.4. The standard InChI is InChI=1S/C23H21FN4O2/c1-12-19-14(3)26-9-6-18(19)28-21(29)20(12)23(7-8-23)22(30)27-13(2)16-5-4-15(11-25)10-17(16)24/h4-6,9-10,13H,7-8H2,1-3H3,(H,27,30)(H,28,29)/t13-/m0/s1. The summed E-state index contributed by atoms with van der Waals surface area (Å²) in [6.45, 7) is 5.40. The van der Waals surface area contributed by atoms with Crippen LogP contribution < -0.4 is 10.9 Å². The van der Waals surface area contributed by atoms with Gasteiger partial charge in [-0.2, -0.15) is 5.26 Å². The van der Waals surface area contributed by atoms with Gasteiger partial charge in [-0.3, -0.25) is 14.6 Å². The number of aryl methyl sites for hydroxylation is 2. The zero-order valence-corrected chi connectivity index (χ0v) is 17.0. The highest BCUT2D eigenvalue weighted by atomic mass is 19.1. The van der Waals surface area contributed by atoms with Crippen LogP contribution in [-0.4, -0.2) is 15.9 Å². The van der Waals surface area contributed by atoms with Crippen LogP contribution in [0.3, 0.4) is 0 Å². The second-order valence-electron chi connectivity index (χ2n) is 7.90. The molecule has 3 aromatic rings. The minimum absolute atomic E-state index is 0.218. The Morgan fingerprint density at radius 2 is 2.07 bits per heavy atom. The number of nitriles is 1. The van der Waals surface area contributed by atoms with Crippen molar-refractivity contribution >= 4 is 16.8 Å². The maximum absolute atomic E-state index is 14.4. The first-order valence-corrected chi connectivity index (χ1v) is 9.77. The molecule has 7 heteroatoms. The number of carbonyl (C=O) groups excluding carboxylic acids is 1. The van der Waals surface area contributed by atoms with E-state index in [1.807, 2.05) is 19.9 Å². The number of rotatable bonds is 4. The summed E-state index contributed by atoms with van der Waals surface area (Å²) < 4.78 is 14.4. The van der Waals surface area contributed by atoms with Crippen LogP contribution in [-0.2, 0) is 10.2 Å². The van der Waals surface area contributed by atoms with Gasteiger partial charge in [0.2, 0.25) is 5.91 Å². The summed E-state index contributed by atoms with van der Waals surface area (Å²) in [6.07, 6.45) is 2.74. The maximum Gasteiger partial charge on any atom is 0.252 e. The number of fused-ring (bicyclic) bond motifs is 1. The van der Waals surface area contributed by atoms with E-state index in [-0.39, 0.29) is 17.0 Å². The zero-order valence-electron chi connectivity index (χ0n) is 17.0. The number of aromatic nitrogens is 2. The highest BCUT2D eigenvalue weighted by Gasteiger charge is 2.54. The largest absolute Gasteiger partial charge is 0.349 e. The molecule has 2 N–H and O–H groups in total. The van der Waals surface area contributed by atoms with Gasteiger partial charge in [-0.25, -0.2) is 4.39 Å². The topological polar surface area (TPSA) is 98.6 Å². The van der Waals surface area contributed by atoms with Gasteiger partial charge >= 0.3 is 0 Å². The number of carbonyl (C=O) groups is 1. The first kappa shape index (κ1) is 19.8. The van der Waals surface area contributed by atoms with Crippen molar-refractivity contribution in [1.82, 2.24) is 15.3 Å². The highest BCUT2D eigenvalue weighted by molar-refractivity contribution is 5.94. The molecule has 0 saturated heterocycles. The van der Waals surface area contributed by atoms with Crippen molar-refractivity contribution in [2.45, 2.75) is 45.1 Å². The fourth-order valence-electron chi connectivity index (χ4n) is 4.28. The summed E-state index contributed by atoms with van der Waals surface area (Å²) in [5.74, 6) is -0.846. The molecule has 0 aliphatic heterocycles. The van der Waals surface area contributed by atoms with Crippen LogP contribution in [0.5, 0.6) is 0 Å². The van der Waals surface area contributed by atoms with E-state index in [0.29, 0.717) is 29.5 Å². The fourth-order valence-corrected chi connectivity index (χ4v) is 4.28. The Balaban J connectivity index is 1.70. The zero-order chi connectivity index (χ0) is 21.6. The van der Waals surface area contributed by atoms with Crippen LogP contribution in [0.1, 0.15) is 53.8 Å². The number of nitrogens with one attached hydrogen (secondary N) is 2. The Labute approximate surface area is 172 Å². The third-order valence-corrected chi connectivity index (χ3v) is 5.97. The van der Waals surface area contributed by atoms with Crippen molar-refractivity contribution < 1.29 is 9.18 Å². The molecule has 6 nitrogen and oxygen atoms in total. The molecule has 1 fully saturated rings. The van der Waals surface area contributed by atoms with Crippen LogP contribution in [0.25, 0.3) is 10.9 Å². The molecule has 1 saturated carbocycles. The first-order valence-electron chi connectivity index (χ1n) is 9.77. The summed E-state index contributed by atoms with van der Waals surface area (Å²) in [7, 11) is 0. The molecule has 2 aromatic heterocycles. The molecular formula is C23H21FN4O2. The number of hydrogen-bond acceptors (Lipinski definition) is 4. The third-order valence-electron chi connectivity index (χ3n) is 5.97. The minimum Gasteiger partial charge on any atom is -0.349 e. The van der Waals surface area contributed by atoms with Crippen LogP contribution in [0, 0.1) is 31.0 Å². The Bertz CT molecular complexity index is 1280. The molecular weight excluding hydrogens is 383 g/mol. The molecule has 1 aliphatic rings. The van der Waals surface area contributed by atoms with E-state index in [1.165, 1.54) is 12.1 Å². The second-order valence-corrected chi connectivity index (χ2v) is 7.90. The van der Waals surface area contributed by atoms with E-state index in [4.69, 9.17) is 5.26 Å². The predicted molar refractivity (Wildman–Crippen MR) is 110 cm³/mol. The fraction of sp³-hybridized carbons (Fsp3) is 0.304. The Kier molecular flexibility index (Phi) is 4.65. The van der Waals surface area contributed by atoms with Crippen molar-refractivity contribution in [2.24, 2.45) is 0 Å². The van der Waals surface area contributed by atoms with Gasteiger partial charge < -0.3 is 10.3 Å². The van der Waals surface area contributed by atoms with E-state index in [2.05, 4.69) is 15.3 Å². The highest BCUT2D eigenvalue weighted by Crippen LogP contribution is 2.49. The average molecular weight is 404 g/mol. The van der Waals surface area contributed by atoms with Crippen molar-refractivity contribution in [3.8, 4) is 6.07 Å². The smallest absolute Gasteiger partial charge is 0.252 e. The quantitative estimate of drug-likeness (QED) is 0.696. The van der Waals surface area contributed by atoms with Crippen molar-refractivity contribution in [3.63, 3.8) is 0 Å². The van der Waals surface area contributed by atoms with Gasteiger partial charge in [-0.05, 0) is 57.4 Å². The molecule has 0 spiro atoms. The van der Waals surface area contributed by atoms with E-state index >= 15 is 0 Å². The van der Waals surface area contributed by atoms with Crippen molar-refractivity contribution in [3.05, 3.63) is 74.6 Å². The number of hydrogen-bond donors (Lipinski definition) is 2. The monoisotopic (exact) mass is 404 g/mol. The van der Waals surface area contributed by atoms with E-state index in [0.717, 1.165) is 22.7 Å². The van der Waals surface area contributed by atoms with Gasteiger partial charge in [0.25, 0.3) is 5.56 Å². The van der Waals surface area contributed by atoms with Crippen molar-refractivity contribution in [2.75, 3.05) is 0 Å². The van der Waals surface area contributed by atoms with Crippen LogP contribution >= 0.6 is 0 Å². The normalized spacial score (nSPS) is 15.4. The Morgan fingerprint density at radius 3 is 2.70 bits per heavy atom. The molecule has 30 heavy (non-hydrogen) atoms. The van der Waals surface area contributed by atoms with Gasteiger partial charge in [0, 0.05) is 28.4 Å². The molecule has 1 aromatic carbocycles. The molecule has 0 bridgehead atoms. The summed E-state index contributed by atoms with van der Waals surface area (Å²) >= 11 is 0. The van der Waals surface area contributed by atoms with Gasteiger partial charge in [-0.15, -0.1) is 0 Å². The first-order chi connectivity index (χ1) is 14.3. The number of benzene rings is 1. The lowest BCUT2D eigenvalue weighted by Gasteiger charge is -2.22. The summed E-state index contributed by atoms with van der Waals surface area (Å²) in [5, 5.41) is 12.6. The number of H-pyrrole nitrogens is 1. The number of aromatic amines is 1. The van der Waals surface area contributed by atoms with Gasteiger partial charge in [0.1, 0.15) is 5.82 Å².